The number of ether oxygens (including phenoxy) is 1. The number of hydrogen-bond acceptors (Lipinski definition) is 6. The SMILES string of the molecule is CC(=O)Nc1ccc(NC(=O)CSc2nnc(COc3ccccc3)n2-c2ccccc2)cc1. The normalized spacial score (nSPS) is 10.5. The van der Waals surface area contributed by atoms with Crippen molar-refractivity contribution < 1.29 is 14.3 Å². The predicted molar refractivity (Wildman–Crippen MR) is 132 cm³/mol. The Kier molecular flexibility index (Phi) is 7.56. The molecule has 0 aliphatic heterocycles. The van der Waals surface area contributed by atoms with Crippen LogP contribution < -0.4 is 15.4 Å². The van der Waals surface area contributed by atoms with E-state index in [1.54, 1.807) is 24.3 Å². The fraction of sp³-hybridized carbons (Fsp3) is 0.120. The quantitative estimate of drug-likeness (QED) is 0.347. The van der Waals surface area contributed by atoms with Crippen LogP contribution in [0.2, 0.25) is 0 Å². The minimum Gasteiger partial charge on any atom is -0.486 e. The first kappa shape index (κ1) is 23.1. The number of hydrogen-bond donors (Lipinski definition) is 2. The molecule has 0 saturated carbocycles. The van der Waals surface area contributed by atoms with Crippen LogP contribution >= 0.6 is 11.8 Å². The Bertz CT molecular complexity index is 1240. The highest BCUT2D eigenvalue weighted by atomic mass is 32.2. The highest BCUT2D eigenvalue weighted by Gasteiger charge is 2.16. The molecule has 9 heteroatoms. The van der Waals surface area contributed by atoms with Gasteiger partial charge in [-0.1, -0.05) is 48.2 Å². The van der Waals surface area contributed by atoms with Gasteiger partial charge in [0.1, 0.15) is 12.4 Å². The van der Waals surface area contributed by atoms with E-state index in [0.717, 1.165) is 11.4 Å². The van der Waals surface area contributed by atoms with Crippen molar-refractivity contribution in [2.75, 3.05) is 16.4 Å². The first-order valence-electron chi connectivity index (χ1n) is 10.6. The Balaban J connectivity index is 1.43. The first-order chi connectivity index (χ1) is 16.6. The number of carbonyl (C=O) groups excluding carboxylic acids is 2. The maximum absolute atomic E-state index is 12.5. The van der Waals surface area contributed by atoms with E-state index >= 15 is 0 Å². The van der Waals surface area contributed by atoms with Gasteiger partial charge in [-0.05, 0) is 48.5 Å². The van der Waals surface area contributed by atoms with Crippen LogP contribution in [-0.4, -0.2) is 32.3 Å². The van der Waals surface area contributed by atoms with Crippen molar-refractivity contribution in [2.45, 2.75) is 18.7 Å². The van der Waals surface area contributed by atoms with Gasteiger partial charge in [0.05, 0.1) is 5.75 Å². The van der Waals surface area contributed by atoms with Crippen molar-refractivity contribution in [1.82, 2.24) is 14.8 Å². The summed E-state index contributed by atoms with van der Waals surface area (Å²) < 4.78 is 7.76. The number of thioether (sulfide) groups is 1. The second-order valence-electron chi connectivity index (χ2n) is 7.27. The van der Waals surface area contributed by atoms with Gasteiger partial charge < -0.3 is 15.4 Å². The summed E-state index contributed by atoms with van der Waals surface area (Å²) in [4.78, 5) is 23.7. The molecule has 0 saturated heterocycles. The molecule has 2 amide bonds. The van der Waals surface area contributed by atoms with Gasteiger partial charge >= 0.3 is 0 Å². The number of nitrogens with zero attached hydrogens (tertiary/aromatic N) is 3. The zero-order valence-electron chi connectivity index (χ0n) is 18.5. The molecule has 1 heterocycles. The molecular formula is C25H23N5O3S. The molecule has 0 unspecified atom stereocenters. The van der Waals surface area contributed by atoms with Crippen molar-refractivity contribution in [2.24, 2.45) is 0 Å². The molecule has 0 radical (unpaired) electrons. The van der Waals surface area contributed by atoms with Crippen molar-refractivity contribution in [3.05, 3.63) is 90.8 Å². The third-order valence-corrected chi connectivity index (χ3v) is 5.58. The van der Waals surface area contributed by atoms with E-state index in [1.165, 1.54) is 18.7 Å². The zero-order valence-corrected chi connectivity index (χ0v) is 19.3. The number of aromatic nitrogens is 3. The van der Waals surface area contributed by atoms with Crippen molar-refractivity contribution >= 4 is 35.0 Å². The van der Waals surface area contributed by atoms with Crippen LogP contribution in [0.5, 0.6) is 5.75 Å². The Morgan fingerprint density at radius 3 is 2.12 bits per heavy atom. The largest absolute Gasteiger partial charge is 0.486 e. The molecule has 0 aliphatic carbocycles. The van der Waals surface area contributed by atoms with Crippen LogP contribution in [0.25, 0.3) is 5.69 Å². The lowest BCUT2D eigenvalue weighted by molar-refractivity contribution is -0.114. The molecular weight excluding hydrogens is 450 g/mol. The standard InChI is InChI=1S/C25H23N5O3S/c1-18(31)26-19-12-14-20(15-13-19)27-24(32)17-34-25-29-28-23(16-33-22-10-6-3-7-11-22)30(25)21-8-4-2-5-9-21/h2-15H,16-17H2,1H3,(H,26,31)(H,27,32). The highest BCUT2D eigenvalue weighted by Crippen LogP contribution is 2.23. The monoisotopic (exact) mass is 473 g/mol. The Labute approximate surface area is 201 Å². The number of rotatable bonds is 9. The van der Waals surface area contributed by atoms with Crippen LogP contribution in [0.3, 0.4) is 0 Å². The van der Waals surface area contributed by atoms with Crippen molar-refractivity contribution in [3.63, 3.8) is 0 Å². The van der Waals surface area contributed by atoms with Crippen LogP contribution in [0, 0.1) is 0 Å². The number of anilines is 2. The summed E-state index contributed by atoms with van der Waals surface area (Å²) in [6, 6.07) is 26.1. The molecule has 4 aromatic rings. The minimum atomic E-state index is -0.179. The van der Waals surface area contributed by atoms with E-state index in [-0.39, 0.29) is 24.2 Å². The molecule has 34 heavy (non-hydrogen) atoms. The number of benzene rings is 3. The Morgan fingerprint density at radius 2 is 1.47 bits per heavy atom. The molecule has 3 aromatic carbocycles. The lowest BCUT2D eigenvalue weighted by Gasteiger charge is -2.11. The van der Waals surface area contributed by atoms with Gasteiger partial charge in [0.25, 0.3) is 0 Å². The lowest BCUT2D eigenvalue weighted by atomic mass is 10.3. The van der Waals surface area contributed by atoms with Crippen LogP contribution in [0.15, 0.2) is 90.1 Å². The lowest BCUT2D eigenvalue weighted by Crippen LogP contribution is -2.15. The summed E-state index contributed by atoms with van der Waals surface area (Å²) in [5, 5.41) is 14.7. The van der Waals surface area contributed by atoms with Gasteiger partial charge in [0.15, 0.2) is 11.0 Å². The van der Waals surface area contributed by atoms with Gasteiger partial charge in [0.2, 0.25) is 11.8 Å². The van der Waals surface area contributed by atoms with Crippen LogP contribution in [0.4, 0.5) is 11.4 Å². The van der Waals surface area contributed by atoms with E-state index < -0.39 is 0 Å². The average molecular weight is 474 g/mol. The van der Waals surface area contributed by atoms with E-state index in [0.29, 0.717) is 22.4 Å². The molecule has 0 fully saturated rings. The number of amides is 2. The summed E-state index contributed by atoms with van der Waals surface area (Å²) in [6.45, 7) is 1.68. The molecule has 0 aliphatic rings. The third kappa shape index (κ3) is 6.23. The van der Waals surface area contributed by atoms with Gasteiger partial charge in [-0.25, -0.2) is 0 Å². The first-order valence-corrected chi connectivity index (χ1v) is 11.5. The second-order valence-corrected chi connectivity index (χ2v) is 8.21. The summed E-state index contributed by atoms with van der Waals surface area (Å²) in [7, 11) is 0. The summed E-state index contributed by atoms with van der Waals surface area (Å²) in [5.41, 5.74) is 2.19. The molecule has 0 bridgehead atoms. The molecule has 1 aromatic heterocycles. The summed E-state index contributed by atoms with van der Waals surface area (Å²) in [5.74, 6) is 1.19. The highest BCUT2D eigenvalue weighted by molar-refractivity contribution is 7.99. The minimum absolute atomic E-state index is 0.149. The summed E-state index contributed by atoms with van der Waals surface area (Å²) >= 11 is 1.29. The van der Waals surface area contributed by atoms with E-state index in [9.17, 15) is 9.59 Å². The number of para-hydroxylation sites is 2. The maximum Gasteiger partial charge on any atom is 0.234 e. The Hall–Kier alpha value is -4.11. The molecule has 4 rings (SSSR count). The fourth-order valence-electron chi connectivity index (χ4n) is 3.16. The second kappa shape index (κ2) is 11.2. The van der Waals surface area contributed by atoms with Gasteiger partial charge in [-0.3, -0.25) is 14.2 Å². The molecule has 8 nitrogen and oxygen atoms in total. The smallest absolute Gasteiger partial charge is 0.234 e. The fourth-order valence-corrected chi connectivity index (χ4v) is 3.93. The van der Waals surface area contributed by atoms with E-state index in [4.69, 9.17) is 4.74 Å². The molecule has 172 valence electrons. The zero-order chi connectivity index (χ0) is 23.8. The molecule has 2 N–H and O–H groups in total. The van der Waals surface area contributed by atoms with Crippen molar-refractivity contribution in [1.29, 1.82) is 0 Å². The summed E-state index contributed by atoms with van der Waals surface area (Å²) in [6.07, 6.45) is 0. The van der Waals surface area contributed by atoms with Gasteiger partial charge in [0, 0.05) is 24.0 Å². The maximum atomic E-state index is 12.5. The number of carbonyl (C=O) groups is 2. The number of nitrogens with one attached hydrogen (secondary N) is 2. The van der Waals surface area contributed by atoms with Crippen LogP contribution in [-0.2, 0) is 16.2 Å². The predicted octanol–water partition coefficient (Wildman–Crippen LogP) is 4.54. The van der Waals surface area contributed by atoms with Crippen LogP contribution in [0.1, 0.15) is 12.7 Å². The Morgan fingerprint density at radius 1 is 0.853 bits per heavy atom. The molecule has 0 atom stereocenters. The molecule has 0 spiro atoms. The van der Waals surface area contributed by atoms with E-state index in [1.807, 2.05) is 65.2 Å². The van der Waals surface area contributed by atoms with Gasteiger partial charge in [-0.2, -0.15) is 0 Å². The average Bonchev–Trinajstić information content (AvgIpc) is 3.26. The van der Waals surface area contributed by atoms with Gasteiger partial charge in [-0.15, -0.1) is 10.2 Å². The van der Waals surface area contributed by atoms with E-state index in [2.05, 4.69) is 20.8 Å². The topological polar surface area (TPSA) is 98.1 Å². The third-order valence-electron chi connectivity index (χ3n) is 4.65. The van der Waals surface area contributed by atoms with Crippen molar-refractivity contribution in [3.8, 4) is 11.4 Å².